The number of carbonyl (C=O) groups excluding carboxylic acids is 3. The van der Waals surface area contributed by atoms with Gasteiger partial charge < -0.3 is 19.4 Å². The lowest BCUT2D eigenvalue weighted by Gasteiger charge is -2.44. The number of alkyl halides is 1. The highest BCUT2D eigenvalue weighted by Crippen LogP contribution is 2.42. The monoisotopic (exact) mass is 532 g/mol. The fraction of sp³-hybridized carbons (Fsp3) is 0.346. The topological polar surface area (TPSA) is 88.7 Å². The minimum atomic E-state index is -2.37. The fourth-order valence-electron chi connectivity index (χ4n) is 4.65. The van der Waals surface area contributed by atoms with Gasteiger partial charge in [-0.05, 0) is 55.4 Å². The van der Waals surface area contributed by atoms with Crippen molar-refractivity contribution in [3.63, 3.8) is 0 Å². The highest BCUT2D eigenvalue weighted by molar-refractivity contribution is 6.71. The van der Waals surface area contributed by atoms with Gasteiger partial charge in [-0.1, -0.05) is 30.3 Å². The van der Waals surface area contributed by atoms with E-state index in [1.165, 1.54) is 0 Å². The number of hydrogen-bond donors (Lipinski definition) is 1. The van der Waals surface area contributed by atoms with E-state index in [-0.39, 0.29) is 6.42 Å². The first kappa shape index (κ1) is 29.0. The second kappa shape index (κ2) is 10.2. The lowest BCUT2D eigenvalue weighted by Crippen LogP contribution is -2.58. The third-order valence-electron chi connectivity index (χ3n) is 6.10. The summed E-state index contributed by atoms with van der Waals surface area (Å²) in [4.78, 5) is 44.0. The van der Waals surface area contributed by atoms with Crippen LogP contribution in [-0.2, 0) is 25.5 Å². The number of fused-ring (bicyclic) bond motifs is 3. The summed E-state index contributed by atoms with van der Waals surface area (Å²) in [6, 6.07) is 11.6. The molecule has 10 radical (unpaired) electrons. The maximum Gasteiger partial charge on any atom is 0.338 e. The Morgan fingerprint density at radius 3 is 2.13 bits per heavy atom. The number of H-pyrrole nitrogens is 1. The van der Waals surface area contributed by atoms with Crippen LogP contribution in [0.25, 0.3) is 10.9 Å². The van der Waals surface area contributed by atoms with Crippen LogP contribution in [-0.4, -0.2) is 88.6 Å². The molecule has 1 aliphatic heterocycles. The van der Waals surface area contributed by atoms with Crippen molar-refractivity contribution in [3.05, 3.63) is 70.9 Å². The molecule has 1 amide bonds. The number of halogens is 1. The molecule has 7 nitrogen and oxygen atoms in total. The van der Waals surface area contributed by atoms with E-state index in [0.29, 0.717) is 16.8 Å². The fourth-order valence-corrected chi connectivity index (χ4v) is 4.74. The third kappa shape index (κ3) is 6.27. The van der Waals surface area contributed by atoms with Crippen molar-refractivity contribution in [2.24, 2.45) is 0 Å². The Kier molecular flexibility index (Phi) is 7.58. The van der Waals surface area contributed by atoms with E-state index in [1.807, 2.05) is 24.3 Å². The van der Waals surface area contributed by atoms with Crippen molar-refractivity contribution >= 4 is 79.6 Å². The minimum absolute atomic E-state index is 0.000535. The van der Waals surface area contributed by atoms with Gasteiger partial charge in [0.15, 0.2) is 0 Å². The lowest BCUT2D eigenvalue weighted by atomic mass is 9.52. The van der Waals surface area contributed by atoms with E-state index < -0.39 is 45.5 Å². The zero-order chi connectivity index (χ0) is 28.9. The Balaban J connectivity index is 1.89. The Morgan fingerprint density at radius 1 is 0.949 bits per heavy atom. The molecule has 2 atom stereocenters. The number of nitrogens with zero attached hydrogens (tertiary/aromatic N) is 1. The molecule has 0 saturated heterocycles. The normalized spacial score (nSPS) is 17.9. The molecule has 1 N–H and O–H groups in total. The van der Waals surface area contributed by atoms with Crippen LogP contribution < -0.4 is 0 Å². The van der Waals surface area contributed by atoms with Gasteiger partial charge >= 0.3 is 11.9 Å². The molecule has 0 fully saturated rings. The number of hydrogen-bond acceptors (Lipinski definition) is 5. The van der Waals surface area contributed by atoms with Gasteiger partial charge in [0.2, 0.25) is 5.91 Å². The minimum Gasteiger partial charge on any atom is -0.487 e. The smallest absolute Gasteiger partial charge is 0.338 e. The van der Waals surface area contributed by atoms with Gasteiger partial charge in [-0.2, -0.15) is 0 Å². The first-order valence-electron chi connectivity index (χ1n) is 12.1. The first-order chi connectivity index (χ1) is 18.0. The van der Waals surface area contributed by atoms with Crippen molar-refractivity contribution in [2.45, 2.75) is 54.8 Å². The van der Waals surface area contributed by atoms with E-state index in [2.05, 4.69) is 4.98 Å². The summed E-state index contributed by atoms with van der Waals surface area (Å²) in [7, 11) is 28.2. The van der Waals surface area contributed by atoms with Gasteiger partial charge in [0, 0.05) is 27.7 Å². The summed E-state index contributed by atoms with van der Waals surface area (Å²) in [6.07, 6.45) is -0.000535. The molecular formula is C26H22B5ClN2O5. The predicted octanol–water partition coefficient (Wildman–Crippen LogP) is 1.86. The van der Waals surface area contributed by atoms with Crippen molar-refractivity contribution in [2.75, 3.05) is 0 Å². The summed E-state index contributed by atoms with van der Waals surface area (Å²) >= 11 is 6.07. The van der Waals surface area contributed by atoms with Crippen LogP contribution in [0.1, 0.15) is 54.0 Å². The molecule has 13 heteroatoms. The molecule has 4 rings (SSSR count). The van der Waals surface area contributed by atoms with E-state index in [0.717, 1.165) is 21.4 Å². The SMILES string of the molecule is [B]C([B])([B])OC(=O)[C@H]1Cc2c([nH]c3ccccc23)[C@H](c2ccc(C(=O)OC(C)(C)C)cc2)N1C(=O)C([B])([B])Cl. The third-order valence-corrected chi connectivity index (χ3v) is 6.27. The van der Waals surface area contributed by atoms with Crippen molar-refractivity contribution in [3.8, 4) is 0 Å². The second-order valence-corrected chi connectivity index (χ2v) is 11.2. The van der Waals surface area contributed by atoms with Crippen LogP contribution in [0.15, 0.2) is 48.5 Å². The molecule has 3 aromatic rings. The number of ether oxygens (including phenoxy) is 2. The molecule has 39 heavy (non-hydrogen) atoms. The zero-order valence-corrected chi connectivity index (χ0v) is 22.5. The summed E-state index contributed by atoms with van der Waals surface area (Å²) < 4.78 is 8.13. The molecule has 2 aromatic carbocycles. The number of para-hydroxylation sites is 1. The number of aromatic amines is 1. The average Bonchev–Trinajstić information content (AvgIpc) is 3.18. The highest BCUT2D eigenvalue weighted by Gasteiger charge is 2.47. The van der Waals surface area contributed by atoms with Crippen LogP contribution in [0.4, 0.5) is 0 Å². The van der Waals surface area contributed by atoms with E-state index in [9.17, 15) is 14.4 Å². The maximum atomic E-state index is 13.6. The first-order valence-corrected chi connectivity index (χ1v) is 12.5. The summed E-state index contributed by atoms with van der Waals surface area (Å²) in [5, 5.41) is -1.48. The molecule has 188 valence electrons. The number of rotatable bonds is 5. The van der Waals surface area contributed by atoms with Gasteiger partial charge in [-0.3, -0.25) is 4.79 Å². The van der Waals surface area contributed by atoms with Crippen LogP contribution in [0.2, 0.25) is 0 Å². The summed E-state index contributed by atoms with van der Waals surface area (Å²) in [5.41, 5.74) is 2.22. The van der Waals surface area contributed by atoms with Crippen LogP contribution in [0.3, 0.4) is 0 Å². The lowest BCUT2D eigenvalue weighted by molar-refractivity contribution is -0.157. The van der Waals surface area contributed by atoms with Crippen LogP contribution in [0, 0.1) is 0 Å². The number of nitrogens with one attached hydrogen (secondary N) is 1. The molecule has 0 saturated carbocycles. The Morgan fingerprint density at radius 2 is 1.56 bits per heavy atom. The van der Waals surface area contributed by atoms with E-state index in [4.69, 9.17) is 60.3 Å². The standard InChI is InChI=1S/C26H22B5ClN2O5/c1-24(2,3)38-21(35)14-10-8-13(9-11-14)20-19-16(15-6-4-5-7-17(15)33-19)12-18(22(36)39-26(29,30)31)34(20)23(37)25(27,28)32/h4-11,18,20,33H,12H2,1-3H3/t18-,20+/m1/s1. The molecule has 2 heterocycles. The summed E-state index contributed by atoms with van der Waals surface area (Å²) in [6.45, 7) is 5.29. The van der Waals surface area contributed by atoms with Crippen LogP contribution in [0.5, 0.6) is 0 Å². The van der Waals surface area contributed by atoms with E-state index in [1.54, 1.807) is 45.0 Å². The highest BCUT2D eigenvalue weighted by atomic mass is 35.5. The number of aromatic nitrogens is 1. The molecule has 1 aromatic heterocycles. The second-order valence-electron chi connectivity index (χ2n) is 10.6. The van der Waals surface area contributed by atoms with Crippen molar-refractivity contribution in [1.29, 1.82) is 0 Å². The van der Waals surface area contributed by atoms with Gasteiger partial charge in [0.05, 0.1) is 27.3 Å². The van der Waals surface area contributed by atoms with Crippen LogP contribution >= 0.6 is 11.6 Å². The van der Waals surface area contributed by atoms with Crippen molar-refractivity contribution in [1.82, 2.24) is 9.88 Å². The quantitative estimate of drug-likeness (QED) is 0.308. The molecule has 0 unspecified atom stereocenters. The van der Waals surface area contributed by atoms with Crippen molar-refractivity contribution < 1.29 is 23.9 Å². The van der Waals surface area contributed by atoms with Gasteiger partial charge in [-0.25, -0.2) is 9.59 Å². The van der Waals surface area contributed by atoms with Gasteiger partial charge in [-0.15, -0.1) is 11.6 Å². The molecule has 0 bridgehead atoms. The zero-order valence-electron chi connectivity index (χ0n) is 21.7. The Labute approximate surface area is 238 Å². The Hall–Kier alpha value is -3.00. The van der Waals surface area contributed by atoms with Gasteiger partial charge in [0.1, 0.15) is 35.2 Å². The summed E-state index contributed by atoms with van der Waals surface area (Å²) in [5.74, 6) is -2.47. The predicted molar refractivity (Wildman–Crippen MR) is 152 cm³/mol. The van der Waals surface area contributed by atoms with Gasteiger partial charge in [0.25, 0.3) is 0 Å². The number of benzene rings is 2. The number of carbonyl (C=O) groups is 3. The Bertz CT molecular complexity index is 1420. The maximum absolute atomic E-state index is 13.6. The average molecular weight is 532 g/mol. The molecule has 1 aliphatic rings. The number of amides is 1. The largest absolute Gasteiger partial charge is 0.487 e. The molecule has 0 aliphatic carbocycles. The number of esters is 2. The molecular weight excluding hydrogens is 510 g/mol. The van der Waals surface area contributed by atoms with E-state index >= 15 is 0 Å². The molecule has 0 spiro atoms.